The number of anilines is 2. The predicted molar refractivity (Wildman–Crippen MR) is 101 cm³/mol. The number of hydrogen-bond donors (Lipinski definition) is 1. The van der Waals surface area contributed by atoms with Crippen LogP contribution >= 0.6 is 11.3 Å². The van der Waals surface area contributed by atoms with Gasteiger partial charge in [0, 0.05) is 38.6 Å². The van der Waals surface area contributed by atoms with Gasteiger partial charge >= 0.3 is 0 Å². The van der Waals surface area contributed by atoms with Crippen molar-refractivity contribution in [3.05, 3.63) is 36.2 Å². The van der Waals surface area contributed by atoms with Crippen molar-refractivity contribution in [3.63, 3.8) is 0 Å². The van der Waals surface area contributed by atoms with Gasteiger partial charge in [-0.3, -0.25) is 15.0 Å². The van der Waals surface area contributed by atoms with Gasteiger partial charge in [-0.05, 0) is 24.4 Å². The minimum atomic E-state index is -0.243. The molecule has 0 radical (unpaired) electrons. The summed E-state index contributed by atoms with van der Waals surface area (Å²) in [5, 5.41) is 5.90. The van der Waals surface area contributed by atoms with Gasteiger partial charge in [0.2, 0.25) is 11.9 Å². The lowest BCUT2D eigenvalue weighted by atomic mass is 10.2. The van der Waals surface area contributed by atoms with E-state index in [1.807, 2.05) is 12.3 Å². The third-order valence-electron chi connectivity index (χ3n) is 4.58. The quantitative estimate of drug-likeness (QED) is 0.748. The van der Waals surface area contributed by atoms with Crippen molar-refractivity contribution < 1.29 is 4.79 Å². The molecule has 134 valence electrons. The Hall–Kier alpha value is -2.65. The number of hydrogen-bond acceptors (Lipinski definition) is 8. The van der Waals surface area contributed by atoms with Crippen molar-refractivity contribution in [2.24, 2.45) is 0 Å². The highest BCUT2D eigenvalue weighted by molar-refractivity contribution is 7.16. The average Bonchev–Trinajstić information content (AvgIpc) is 3.17. The van der Waals surface area contributed by atoms with Gasteiger partial charge in [0.1, 0.15) is 17.0 Å². The number of aromatic nitrogens is 4. The summed E-state index contributed by atoms with van der Waals surface area (Å²) >= 11 is 1.62. The molecule has 1 saturated heterocycles. The van der Waals surface area contributed by atoms with Gasteiger partial charge in [0.05, 0.1) is 11.4 Å². The molecule has 3 aromatic rings. The monoisotopic (exact) mass is 369 g/mol. The highest BCUT2D eigenvalue weighted by Gasteiger charge is 2.27. The van der Waals surface area contributed by atoms with E-state index < -0.39 is 0 Å². The SMILES string of the molecule is CC(C(=O)Nc1ncccn1)N1CCN(c2ncnc3sccc23)CC1. The normalized spacial score (nSPS) is 16.6. The summed E-state index contributed by atoms with van der Waals surface area (Å²) in [6, 6.07) is 3.54. The molecule has 0 bridgehead atoms. The maximum atomic E-state index is 12.4. The molecule has 4 rings (SSSR count). The zero-order valence-corrected chi connectivity index (χ0v) is 15.2. The van der Waals surface area contributed by atoms with Gasteiger partial charge in [-0.25, -0.2) is 19.9 Å². The topological polar surface area (TPSA) is 87.1 Å². The van der Waals surface area contributed by atoms with E-state index in [1.54, 1.807) is 36.1 Å². The van der Waals surface area contributed by atoms with Crippen LogP contribution < -0.4 is 10.2 Å². The summed E-state index contributed by atoms with van der Waals surface area (Å²) in [7, 11) is 0. The number of rotatable bonds is 4. The first-order valence-electron chi connectivity index (χ1n) is 8.47. The second-order valence-electron chi connectivity index (χ2n) is 6.10. The van der Waals surface area contributed by atoms with Crippen molar-refractivity contribution in [2.75, 3.05) is 36.4 Å². The van der Waals surface area contributed by atoms with Crippen molar-refractivity contribution in [2.45, 2.75) is 13.0 Å². The zero-order valence-electron chi connectivity index (χ0n) is 14.4. The van der Waals surface area contributed by atoms with Crippen LogP contribution in [0.5, 0.6) is 0 Å². The first-order chi connectivity index (χ1) is 12.7. The summed E-state index contributed by atoms with van der Waals surface area (Å²) in [6.45, 7) is 5.14. The molecule has 0 spiro atoms. The fourth-order valence-electron chi connectivity index (χ4n) is 3.09. The second-order valence-corrected chi connectivity index (χ2v) is 6.99. The lowest BCUT2D eigenvalue weighted by Crippen LogP contribution is -2.53. The van der Waals surface area contributed by atoms with Crippen LogP contribution in [0.3, 0.4) is 0 Å². The number of carbonyl (C=O) groups excluding carboxylic acids is 1. The molecular weight excluding hydrogens is 350 g/mol. The standard InChI is InChI=1S/C17H19N7OS/c1-12(15(25)22-17-18-4-2-5-19-17)23-6-8-24(9-7-23)14-13-3-10-26-16(13)21-11-20-14/h2-5,10-12H,6-9H2,1H3,(H,18,19,22,25). The average molecular weight is 369 g/mol. The third kappa shape index (κ3) is 3.35. The lowest BCUT2D eigenvalue weighted by molar-refractivity contribution is -0.120. The Balaban J connectivity index is 1.38. The van der Waals surface area contributed by atoms with Gasteiger partial charge in [0.25, 0.3) is 0 Å². The Bertz CT molecular complexity index is 892. The fourth-order valence-corrected chi connectivity index (χ4v) is 3.82. The highest BCUT2D eigenvalue weighted by Crippen LogP contribution is 2.27. The van der Waals surface area contributed by atoms with Crippen LogP contribution in [-0.2, 0) is 4.79 Å². The summed E-state index contributed by atoms with van der Waals surface area (Å²) in [6.07, 6.45) is 4.84. The van der Waals surface area contributed by atoms with Gasteiger partial charge in [-0.1, -0.05) is 0 Å². The maximum absolute atomic E-state index is 12.4. The summed E-state index contributed by atoms with van der Waals surface area (Å²) in [4.78, 5) is 34.7. The largest absolute Gasteiger partial charge is 0.353 e. The van der Waals surface area contributed by atoms with Crippen LogP contribution in [0.2, 0.25) is 0 Å². The van der Waals surface area contributed by atoms with Crippen LogP contribution in [0, 0.1) is 0 Å². The number of piperazine rings is 1. The van der Waals surface area contributed by atoms with E-state index in [-0.39, 0.29) is 11.9 Å². The van der Waals surface area contributed by atoms with Gasteiger partial charge in [0.15, 0.2) is 0 Å². The third-order valence-corrected chi connectivity index (χ3v) is 5.40. The Morgan fingerprint density at radius 2 is 1.92 bits per heavy atom. The minimum absolute atomic E-state index is 0.0908. The molecule has 3 aromatic heterocycles. The molecule has 0 aromatic carbocycles. The Morgan fingerprint density at radius 3 is 2.69 bits per heavy atom. The van der Waals surface area contributed by atoms with E-state index >= 15 is 0 Å². The Kier molecular flexibility index (Phi) is 4.72. The second kappa shape index (κ2) is 7.30. The van der Waals surface area contributed by atoms with Crippen molar-refractivity contribution in [1.82, 2.24) is 24.8 Å². The van der Waals surface area contributed by atoms with Crippen molar-refractivity contribution in [1.29, 1.82) is 0 Å². The molecular formula is C17H19N7OS. The molecule has 1 aliphatic rings. The fraction of sp³-hybridized carbons (Fsp3) is 0.353. The van der Waals surface area contributed by atoms with Crippen LogP contribution in [0.15, 0.2) is 36.2 Å². The summed E-state index contributed by atoms with van der Waals surface area (Å²) in [5.41, 5.74) is 0. The van der Waals surface area contributed by atoms with Crippen LogP contribution in [0.1, 0.15) is 6.92 Å². The molecule has 1 amide bonds. The maximum Gasteiger partial charge on any atom is 0.243 e. The molecule has 8 nitrogen and oxygen atoms in total. The number of carbonyl (C=O) groups is 1. The Labute approximate surface area is 154 Å². The number of fused-ring (bicyclic) bond motifs is 1. The van der Waals surface area contributed by atoms with Crippen LogP contribution in [0.25, 0.3) is 10.2 Å². The van der Waals surface area contributed by atoms with E-state index in [2.05, 4.69) is 41.1 Å². The van der Waals surface area contributed by atoms with Gasteiger partial charge in [-0.15, -0.1) is 11.3 Å². The summed E-state index contributed by atoms with van der Waals surface area (Å²) in [5.74, 6) is 1.22. The molecule has 1 aliphatic heterocycles. The van der Waals surface area contributed by atoms with Crippen LogP contribution in [-0.4, -0.2) is 63.0 Å². The molecule has 1 N–H and O–H groups in total. The van der Waals surface area contributed by atoms with E-state index in [1.165, 1.54) is 0 Å². The summed E-state index contributed by atoms with van der Waals surface area (Å²) < 4.78 is 0. The van der Waals surface area contributed by atoms with Gasteiger partial charge in [-0.2, -0.15) is 0 Å². The molecule has 1 atom stereocenters. The first-order valence-corrected chi connectivity index (χ1v) is 9.35. The first kappa shape index (κ1) is 16.8. The lowest BCUT2D eigenvalue weighted by Gasteiger charge is -2.38. The van der Waals surface area contributed by atoms with E-state index in [0.29, 0.717) is 5.95 Å². The molecule has 1 unspecified atom stereocenters. The molecule has 1 fully saturated rings. The molecule has 9 heteroatoms. The number of nitrogens with zero attached hydrogens (tertiary/aromatic N) is 6. The molecule has 0 aliphatic carbocycles. The van der Waals surface area contributed by atoms with Gasteiger partial charge < -0.3 is 4.90 Å². The van der Waals surface area contributed by atoms with E-state index in [4.69, 9.17) is 0 Å². The highest BCUT2D eigenvalue weighted by atomic mass is 32.1. The number of thiophene rings is 1. The molecule has 26 heavy (non-hydrogen) atoms. The predicted octanol–water partition coefficient (Wildman–Crippen LogP) is 1.63. The molecule has 4 heterocycles. The number of nitrogens with one attached hydrogen (secondary N) is 1. The van der Waals surface area contributed by atoms with E-state index in [9.17, 15) is 4.79 Å². The number of amides is 1. The minimum Gasteiger partial charge on any atom is -0.353 e. The molecule has 0 saturated carbocycles. The smallest absolute Gasteiger partial charge is 0.243 e. The van der Waals surface area contributed by atoms with Crippen molar-refractivity contribution >= 4 is 39.2 Å². The van der Waals surface area contributed by atoms with Crippen LogP contribution in [0.4, 0.5) is 11.8 Å². The van der Waals surface area contributed by atoms with E-state index in [0.717, 1.165) is 42.2 Å². The zero-order chi connectivity index (χ0) is 17.9. The van der Waals surface area contributed by atoms with Crippen molar-refractivity contribution in [3.8, 4) is 0 Å². The Morgan fingerprint density at radius 1 is 1.15 bits per heavy atom.